The lowest BCUT2D eigenvalue weighted by Gasteiger charge is -2.27. The van der Waals surface area contributed by atoms with Crippen LogP contribution in [-0.4, -0.2) is 36.6 Å². The van der Waals surface area contributed by atoms with Crippen molar-refractivity contribution in [1.29, 1.82) is 0 Å². The third kappa shape index (κ3) is 4.84. The van der Waals surface area contributed by atoms with Crippen LogP contribution in [0.25, 0.3) is 0 Å². The average molecular weight is 235 g/mol. The molecule has 1 N–H and O–H groups in total. The molecule has 1 atom stereocenters. The number of nitrogens with one attached hydrogen (secondary N) is 1. The minimum absolute atomic E-state index is 0.590. The Morgan fingerprint density at radius 1 is 1.41 bits per heavy atom. The second-order valence-electron chi connectivity index (χ2n) is 4.69. The molecule has 1 unspecified atom stereocenters. The molecule has 17 heavy (non-hydrogen) atoms. The Morgan fingerprint density at radius 3 is 2.76 bits per heavy atom. The van der Waals surface area contributed by atoms with Crippen LogP contribution >= 0.6 is 0 Å². The second-order valence-corrected chi connectivity index (χ2v) is 4.69. The van der Waals surface area contributed by atoms with Crippen LogP contribution < -0.4 is 5.32 Å². The van der Waals surface area contributed by atoms with E-state index in [9.17, 15) is 0 Å². The molecule has 1 aromatic rings. The normalized spacial score (nSPS) is 13.0. The molecule has 0 bridgehead atoms. The summed E-state index contributed by atoms with van der Waals surface area (Å²) in [5, 5.41) is 3.27. The summed E-state index contributed by atoms with van der Waals surface area (Å²) < 4.78 is 0. The Hall–Kier alpha value is -0.930. The van der Waals surface area contributed by atoms with Crippen LogP contribution in [0, 0.1) is 6.92 Å². The van der Waals surface area contributed by atoms with Crippen LogP contribution in [-0.2, 0) is 6.54 Å². The van der Waals surface area contributed by atoms with Crippen molar-refractivity contribution in [2.75, 3.05) is 20.6 Å². The maximum Gasteiger partial charge on any atom is 0.0547 e. The van der Waals surface area contributed by atoms with E-state index < -0.39 is 0 Å². The van der Waals surface area contributed by atoms with E-state index in [0.717, 1.165) is 24.5 Å². The van der Waals surface area contributed by atoms with E-state index in [0.29, 0.717) is 6.04 Å². The smallest absolute Gasteiger partial charge is 0.0547 e. The van der Waals surface area contributed by atoms with Gasteiger partial charge in [0.2, 0.25) is 0 Å². The van der Waals surface area contributed by atoms with Gasteiger partial charge >= 0.3 is 0 Å². The number of aryl methyl sites for hydroxylation is 1. The molecule has 96 valence electrons. The topological polar surface area (TPSA) is 28.2 Å². The zero-order chi connectivity index (χ0) is 12.7. The highest BCUT2D eigenvalue weighted by atomic mass is 15.1. The fraction of sp³-hybridized carbons (Fsp3) is 0.643. The van der Waals surface area contributed by atoms with E-state index in [2.05, 4.69) is 41.3 Å². The zero-order valence-corrected chi connectivity index (χ0v) is 11.5. The van der Waals surface area contributed by atoms with Crippen molar-refractivity contribution in [1.82, 2.24) is 15.2 Å². The second kappa shape index (κ2) is 7.41. The molecule has 3 heteroatoms. The van der Waals surface area contributed by atoms with Gasteiger partial charge in [-0.3, -0.25) is 9.88 Å². The third-order valence-electron chi connectivity index (χ3n) is 3.04. The maximum absolute atomic E-state index is 4.55. The fourth-order valence-corrected chi connectivity index (χ4v) is 2.12. The summed E-state index contributed by atoms with van der Waals surface area (Å²) in [6.45, 7) is 6.24. The van der Waals surface area contributed by atoms with Gasteiger partial charge in [-0.1, -0.05) is 19.4 Å². The van der Waals surface area contributed by atoms with Gasteiger partial charge in [-0.15, -0.1) is 0 Å². The Bertz CT molecular complexity index is 319. The number of hydrogen-bond acceptors (Lipinski definition) is 3. The molecule has 0 radical (unpaired) electrons. The molecule has 0 aliphatic rings. The minimum Gasteiger partial charge on any atom is -0.318 e. The van der Waals surface area contributed by atoms with E-state index >= 15 is 0 Å². The van der Waals surface area contributed by atoms with Crippen LogP contribution in [0.5, 0.6) is 0 Å². The van der Waals surface area contributed by atoms with Crippen LogP contribution in [0.15, 0.2) is 18.2 Å². The van der Waals surface area contributed by atoms with Crippen molar-refractivity contribution < 1.29 is 0 Å². The molecule has 3 nitrogen and oxygen atoms in total. The van der Waals surface area contributed by atoms with E-state index in [1.54, 1.807) is 0 Å². The van der Waals surface area contributed by atoms with Gasteiger partial charge in [-0.25, -0.2) is 0 Å². The van der Waals surface area contributed by atoms with E-state index in [-0.39, 0.29) is 0 Å². The summed E-state index contributed by atoms with van der Waals surface area (Å²) >= 11 is 0. The highest BCUT2D eigenvalue weighted by molar-refractivity contribution is 5.09. The molecular formula is C14H25N3. The lowest BCUT2D eigenvalue weighted by molar-refractivity contribution is 0.215. The summed E-state index contributed by atoms with van der Waals surface area (Å²) in [7, 11) is 4.20. The number of pyridine rings is 1. The molecule has 0 aliphatic heterocycles. The number of aromatic nitrogens is 1. The van der Waals surface area contributed by atoms with Gasteiger partial charge < -0.3 is 5.32 Å². The van der Waals surface area contributed by atoms with Gasteiger partial charge in [0, 0.05) is 24.8 Å². The van der Waals surface area contributed by atoms with Gasteiger partial charge in [0.15, 0.2) is 0 Å². The summed E-state index contributed by atoms with van der Waals surface area (Å²) in [5.74, 6) is 0. The highest BCUT2D eigenvalue weighted by Gasteiger charge is 2.13. The summed E-state index contributed by atoms with van der Waals surface area (Å²) in [4.78, 5) is 6.94. The Kier molecular flexibility index (Phi) is 6.16. The third-order valence-corrected chi connectivity index (χ3v) is 3.04. The molecular weight excluding hydrogens is 210 g/mol. The molecule has 1 heterocycles. The van der Waals surface area contributed by atoms with Crippen molar-refractivity contribution >= 4 is 0 Å². The lowest BCUT2D eigenvalue weighted by Crippen LogP contribution is -2.38. The first-order chi connectivity index (χ1) is 8.17. The maximum atomic E-state index is 4.55. The van der Waals surface area contributed by atoms with Crippen molar-refractivity contribution in [3.8, 4) is 0 Å². The highest BCUT2D eigenvalue weighted by Crippen LogP contribution is 2.09. The molecule has 0 aromatic carbocycles. The summed E-state index contributed by atoms with van der Waals surface area (Å²) in [5.41, 5.74) is 2.25. The van der Waals surface area contributed by atoms with E-state index in [1.807, 2.05) is 20.0 Å². The Morgan fingerprint density at radius 2 is 2.18 bits per heavy atom. The van der Waals surface area contributed by atoms with Crippen molar-refractivity contribution in [3.63, 3.8) is 0 Å². The Balaban J connectivity index is 2.59. The zero-order valence-electron chi connectivity index (χ0n) is 11.5. The van der Waals surface area contributed by atoms with Crippen molar-refractivity contribution in [2.24, 2.45) is 0 Å². The molecule has 0 aliphatic carbocycles. The summed E-state index contributed by atoms with van der Waals surface area (Å²) in [6.07, 6.45) is 2.45. The Labute approximate surface area is 105 Å². The van der Waals surface area contributed by atoms with Gasteiger partial charge in [0.1, 0.15) is 0 Å². The SMILES string of the molecule is CCCC(CNC)N(C)Cc1cccc(C)n1. The monoisotopic (exact) mass is 235 g/mol. The van der Waals surface area contributed by atoms with Crippen LogP contribution in [0.4, 0.5) is 0 Å². The molecule has 0 saturated carbocycles. The van der Waals surface area contributed by atoms with Gasteiger partial charge in [0.05, 0.1) is 5.69 Å². The molecule has 0 fully saturated rings. The predicted molar refractivity (Wildman–Crippen MR) is 73.1 cm³/mol. The first kappa shape index (κ1) is 14.1. The molecule has 0 amide bonds. The number of hydrogen-bond donors (Lipinski definition) is 1. The molecule has 1 aromatic heterocycles. The number of rotatable bonds is 7. The average Bonchev–Trinajstić information content (AvgIpc) is 2.28. The quantitative estimate of drug-likeness (QED) is 0.785. The first-order valence-electron chi connectivity index (χ1n) is 6.44. The first-order valence-corrected chi connectivity index (χ1v) is 6.44. The van der Waals surface area contributed by atoms with E-state index in [4.69, 9.17) is 0 Å². The van der Waals surface area contributed by atoms with Crippen molar-refractivity contribution in [3.05, 3.63) is 29.6 Å². The molecule has 0 saturated heterocycles. The van der Waals surface area contributed by atoms with Gasteiger partial charge in [-0.05, 0) is 39.6 Å². The van der Waals surface area contributed by atoms with Gasteiger partial charge in [-0.2, -0.15) is 0 Å². The van der Waals surface area contributed by atoms with E-state index in [1.165, 1.54) is 12.8 Å². The summed E-state index contributed by atoms with van der Waals surface area (Å²) in [6, 6.07) is 6.82. The van der Waals surface area contributed by atoms with Crippen LogP contribution in [0.3, 0.4) is 0 Å². The standard InChI is InChI=1S/C14H25N3/c1-5-7-14(10-15-3)17(4)11-13-9-6-8-12(2)16-13/h6,8-9,14-15H,5,7,10-11H2,1-4H3. The lowest BCUT2D eigenvalue weighted by atomic mass is 10.1. The number of likely N-dealkylation sites (N-methyl/N-ethyl adjacent to an activating group) is 2. The number of nitrogens with zero attached hydrogens (tertiary/aromatic N) is 2. The minimum atomic E-state index is 0.590. The van der Waals surface area contributed by atoms with Crippen molar-refractivity contribution in [2.45, 2.75) is 39.3 Å². The van der Waals surface area contributed by atoms with Gasteiger partial charge in [0.25, 0.3) is 0 Å². The molecule has 1 rings (SSSR count). The van der Waals surface area contributed by atoms with Crippen LogP contribution in [0.2, 0.25) is 0 Å². The predicted octanol–water partition coefficient (Wildman–Crippen LogP) is 2.21. The largest absolute Gasteiger partial charge is 0.318 e. The fourth-order valence-electron chi connectivity index (χ4n) is 2.12. The van der Waals surface area contributed by atoms with Crippen LogP contribution in [0.1, 0.15) is 31.2 Å². The molecule has 0 spiro atoms.